The Kier molecular flexibility index (Phi) is 6.84. The second-order valence-corrected chi connectivity index (χ2v) is 11.3. The summed E-state index contributed by atoms with van der Waals surface area (Å²) >= 11 is 0. The molecule has 38 heavy (non-hydrogen) atoms. The highest BCUT2D eigenvalue weighted by Crippen LogP contribution is 2.45. The van der Waals surface area contributed by atoms with Crippen molar-refractivity contribution in [3.63, 3.8) is 0 Å². The number of carbonyl (C=O) groups excluding carboxylic acids is 1. The number of amides is 1. The number of nitrogens with one attached hydrogen (secondary N) is 1. The van der Waals surface area contributed by atoms with E-state index in [1.165, 1.54) is 12.1 Å². The number of likely N-dealkylation sites (tertiary alicyclic amines) is 1. The lowest BCUT2D eigenvalue weighted by Crippen LogP contribution is -2.41. The maximum absolute atomic E-state index is 14.9. The monoisotopic (exact) mass is 525 g/mol. The fourth-order valence-corrected chi connectivity index (χ4v) is 5.75. The molecule has 0 unspecified atom stereocenters. The number of carbonyl (C=O) groups is 1. The first kappa shape index (κ1) is 26.4. The van der Waals surface area contributed by atoms with Crippen molar-refractivity contribution in [1.29, 1.82) is 0 Å². The summed E-state index contributed by atoms with van der Waals surface area (Å²) in [4.78, 5) is 17.9. The molecule has 0 saturated carbocycles. The molecule has 1 aromatic heterocycles. The van der Waals surface area contributed by atoms with Crippen LogP contribution < -0.4 is 10.2 Å². The summed E-state index contributed by atoms with van der Waals surface area (Å²) in [5, 5.41) is 13.4. The Morgan fingerprint density at radius 3 is 2.47 bits per heavy atom. The van der Waals surface area contributed by atoms with Crippen LogP contribution in [0, 0.1) is 18.7 Å². The van der Waals surface area contributed by atoms with Gasteiger partial charge in [0.15, 0.2) is 5.82 Å². The molecule has 0 radical (unpaired) electrons. The average Bonchev–Trinajstić information content (AvgIpc) is 3.06. The van der Waals surface area contributed by atoms with Crippen LogP contribution in [0.15, 0.2) is 30.3 Å². The molecule has 3 aromatic rings. The summed E-state index contributed by atoms with van der Waals surface area (Å²) in [7, 11) is 2.12. The fraction of sp³-hybridized carbons (Fsp3) is 0.483. The lowest BCUT2D eigenvalue weighted by atomic mass is 9.85. The van der Waals surface area contributed by atoms with Crippen molar-refractivity contribution in [3.05, 3.63) is 58.5 Å². The van der Waals surface area contributed by atoms with Gasteiger partial charge in [0.2, 0.25) is 5.91 Å². The van der Waals surface area contributed by atoms with Crippen LogP contribution in [-0.2, 0) is 10.2 Å². The van der Waals surface area contributed by atoms with Gasteiger partial charge in [-0.25, -0.2) is 13.2 Å². The minimum absolute atomic E-state index is 0.0778. The molecule has 5 rings (SSSR count). The van der Waals surface area contributed by atoms with E-state index < -0.39 is 29.3 Å². The smallest absolute Gasteiger partial charge is 0.266 e. The van der Waals surface area contributed by atoms with Crippen LogP contribution in [0.3, 0.4) is 0 Å². The van der Waals surface area contributed by atoms with Crippen molar-refractivity contribution >= 4 is 28.2 Å². The highest BCUT2D eigenvalue weighted by molar-refractivity contribution is 6.11. The topological polar surface area (TPSA) is 61.4 Å². The van der Waals surface area contributed by atoms with Crippen LogP contribution in [0.25, 0.3) is 10.8 Å². The van der Waals surface area contributed by atoms with E-state index in [0.717, 1.165) is 54.0 Å². The van der Waals surface area contributed by atoms with Crippen molar-refractivity contribution in [3.8, 4) is 0 Å². The quantitative estimate of drug-likeness (QED) is 0.418. The summed E-state index contributed by atoms with van der Waals surface area (Å²) in [6, 6.07) is 7.38. The molecule has 1 amide bonds. The number of fused-ring (bicyclic) bond motifs is 2. The van der Waals surface area contributed by atoms with E-state index >= 15 is 0 Å². The van der Waals surface area contributed by atoms with Crippen LogP contribution >= 0.6 is 0 Å². The number of halogens is 3. The molecule has 2 aromatic carbocycles. The second kappa shape index (κ2) is 9.84. The van der Waals surface area contributed by atoms with Gasteiger partial charge in [-0.3, -0.25) is 4.79 Å². The minimum atomic E-state index is -2.90. The predicted molar refractivity (Wildman–Crippen MR) is 143 cm³/mol. The SMILES string of the molecule is Cc1nnc(N[C@H](C)c2cccc(C(F)F)c2F)c2cc3c(cc12)C(C)(C)C(=O)N3CC1CCN(C)CC1. The molecule has 1 N–H and O–H groups in total. The van der Waals surface area contributed by atoms with Crippen molar-refractivity contribution < 1.29 is 18.0 Å². The zero-order valence-electron chi connectivity index (χ0n) is 22.5. The largest absolute Gasteiger partial charge is 0.361 e. The summed E-state index contributed by atoms with van der Waals surface area (Å²) in [5.74, 6) is -0.00904. The summed E-state index contributed by atoms with van der Waals surface area (Å²) in [6.07, 6.45) is -0.815. The Labute approximate surface area is 221 Å². The molecular weight excluding hydrogens is 491 g/mol. The normalized spacial score (nSPS) is 18.9. The highest BCUT2D eigenvalue weighted by atomic mass is 19.3. The van der Waals surface area contributed by atoms with E-state index in [9.17, 15) is 18.0 Å². The van der Waals surface area contributed by atoms with Gasteiger partial charge in [0.25, 0.3) is 6.43 Å². The number of piperidine rings is 1. The maximum Gasteiger partial charge on any atom is 0.266 e. The molecule has 0 aliphatic carbocycles. The Morgan fingerprint density at radius 2 is 1.79 bits per heavy atom. The van der Waals surface area contributed by atoms with Gasteiger partial charge >= 0.3 is 0 Å². The molecule has 9 heteroatoms. The first-order valence-electron chi connectivity index (χ1n) is 13.1. The second-order valence-electron chi connectivity index (χ2n) is 11.3. The van der Waals surface area contributed by atoms with Crippen LogP contribution in [0.5, 0.6) is 0 Å². The van der Waals surface area contributed by atoms with Gasteiger partial charge in [0, 0.05) is 28.6 Å². The van der Waals surface area contributed by atoms with Crippen LogP contribution in [0.2, 0.25) is 0 Å². The van der Waals surface area contributed by atoms with Gasteiger partial charge in [-0.1, -0.05) is 18.2 Å². The number of aromatic nitrogens is 2. The van der Waals surface area contributed by atoms with E-state index in [-0.39, 0.29) is 11.5 Å². The minimum Gasteiger partial charge on any atom is -0.361 e. The van der Waals surface area contributed by atoms with E-state index in [0.29, 0.717) is 24.0 Å². The lowest BCUT2D eigenvalue weighted by Gasteiger charge is -2.32. The van der Waals surface area contributed by atoms with Gasteiger partial charge in [-0.15, -0.1) is 5.10 Å². The van der Waals surface area contributed by atoms with E-state index in [1.54, 1.807) is 6.92 Å². The number of nitrogens with zero attached hydrogens (tertiary/aromatic N) is 4. The molecular formula is C29H34F3N5O. The van der Waals surface area contributed by atoms with E-state index in [4.69, 9.17) is 0 Å². The van der Waals surface area contributed by atoms with E-state index in [1.807, 2.05) is 37.8 Å². The van der Waals surface area contributed by atoms with Gasteiger partial charge in [-0.05, 0) is 84.3 Å². The summed E-state index contributed by atoms with van der Waals surface area (Å²) in [6.45, 7) is 10.2. The molecule has 202 valence electrons. The summed E-state index contributed by atoms with van der Waals surface area (Å²) in [5.41, 5.74) is 1.35. The predicted octanol–water partition coefficient (Wildman–Crippen LogP) is 6.15. The van der Waals surface area contributed by atoms with Gasteiger partial charge < -0.3 is 15.1 Å². The average molecular weight is 526 g/mol. The van der Waals surface area contributed by atoms with E-state index in [2.05, 4.69) is 27.5 Å². The zero-order chi connectivity index (χ0) is 27.4. The van der Waals surface area contributed by atoms with Crippen molar-refractivity contribution in [2.24, 2.45) is 5.92 Å². The molecule has 2 aliphatic heterocycles. The number of aryl methyl sites for hydroxylation is 1. The Bertz CT molecular complexity index is 1380. The zero-order valence-corrected chi connectivity index (χ0v) is 22.5. The molecule has 1 atom stereocenters. The number of benzene rings is 2. The van der Waals surface area contributed by atoms with Gasteiger partial charge in [0.1, 0.15) is 5.82 Å². The van der Waals surface area contributed by atoms with Gasteiger partial charge in [0.05, 0.1) is 22.7 Å². The Morgan fingerprint density at radius 1 is 1.11 bits per heavy atom. The molecule has 3 heterocycles. The van der Waals surface area contributed by atoms with Crippen molar-refractivity contribution in [2.45, 2.75) is 58.4 Å². The third kappa shape index (κ3) is 4.51. The molecule has 0 bridgehead atoms. The Balaban J connectivity index is 1.54. The third-order valence-electron chi connectivity index (χ3n) is 8.22. The molecule has 0 spiro atoms. The number of anilines is 2. The highest BCUT2D eigenvalue weighted by Gasteiger charge is 2.45. The molecule has 6 nitrogen and oxygen atoms in total. The van der Waals surface area contributed by atoms with Crippen LogP contribution in [-0.4, -0.2) is 47.7 Å². The fourth-order valence-electron chi connectivity index (χ4n) is 5.75. The standard InChI is InChI=1S/C29H34F3N5O/c1-16(19-7-6-8-20(25(19)30)26(31)32)33-27-22-14-24-23(13-21(22)17(2)34-35-27)29(3,4)28(38)37(24)15-18-9-11-36(5)12-10-18/h6-8,13-14,16,18,26H,9-12,15H2,1-5H3,(H,33,35)/t16-/m1/s1. The van der Waals surface area contributed by atoms with Crippen molar-refractivity contribution in [2.75, 3.05) is 36.9 Å². The van der Waals surface area contributed by atoms with Crippen LogP contribution in [0.1, 0.15) is 68.5 Å². The van der Waals surface area contributed by atoms with Crippen molar-refractivity contribution in [1.82, 2.24) is 15.1 Å². The first-order chi connectivity index (χ1) is 18.0. The number of hydrogen-bond acceptors (Lipinski definition) is 5. The lowest BCUT2D eigenvalue weighted by molar-refractivity contribution is -0.122. The number of rotatable bonds is 6. The third-order valence-corrected chi connectivity index (χ3v) is 8.22. The molecule has 1 fully saturated rings. The number of hydrogen-bond donors (Lipinski definition) is 1. The molecule has 1 saturated heterocycles. The summed E-state index contributed by atoms with van der Waals surface area (Å²) < 4.78 is 41.4. The number of alkyl halides is 2. The molecule has 2 aliphatic rings. The first-order valence-corrected chi connectivity index (χ1v) is 13.1. The van der Waals surface area contributed by atoms with Gasteiger partial charge in [-0.2, -0.15) is 5.10 Å². The maximum atomic E-state index is 14.9. The Hall–Kier alpha value is -3.20. The van der Waals surface area contributed by atoms with Crippen LogP contribution in [0.4, 0.5) is 24.7 Å².